The number of hydrogen-bond acceptors (Lipinski definition) is 5. The van der Waals surface area contributed by atoms with Gasteiger partial charge in [0.15, 0.2) is 5.11 Å². The molecule has 0 unspecified atom stereocenters. The number of amides is 2. The van der Waals surface area contributed by atoms with Crippen molar-refractivity contribution in [2.24, 2.45) is 0 Å². The SMILES string of the molecule is CCC(=O)NC(=S)Nc1ccc(N2CCN(C(=O)c3cccs3)CC2)c(Cl)c1. The Labute approximate surface area is 178 Å². The molecule has 1 fully saturated rings. The van der Waals surface area contributed by atoms with Crippen molar-refractivity contribution in [2.75, 3.05) is 36.4 Å². The van der Waals surface area contributed by atoms with Crippen LogP contribution in [0.25, 0.3) is 0 Å². The second-order valence-electron chi connectivity index (χ2n) is 6.28. The Morgan fingerprint density at radius 2 is 1.96 bits per heavy atom. The molecule has 0 saturated carbocycles. The molecule has 2 heterocycles. The summed E-state index contributed by atoms with van der Waals surface area (Å²) in [6.45, 7) is 4.50. The molecule has 2 amide bonds. The van der Waals surface area contributed by atoms with Crippen molar-refractivity contribution in [1.82, 2.24) is 10.2 Å². The maximum absolute atomic E-state index is 12.5. The van der Waals surface area contributed by atoms with Crippen LogP contribution in [0.5, 0.6) is 0 Å². The number of piperazine rings is 1. The number of rotatable bonds is 4. The van der Waals surface area contributed by atoms with Crippen molar-refractivity contribution in [1.29, 1.82) is 0 Å². The number of anilines is 2. The van der Waals surface area contributed by atoms with Gasteiger partial charge in [0.25, 0.3) is 5.91 Å². The normalized spacial score (nSPS) is 13.9. The molecule has 1 aromatic heterocycles. The van der Waals surface area contributed by atoms with Crippen LogP contribution in [0, 0.1) is 0 Å². The Morgan fingerprint density at radius 1 is 1.21 bits per heavy atom. The molecule has 2 aromatic rings. The predicted octanol–water partition coefficient (Wildman–Crippen LogP) is 3.59. The zero-order chi connectivity index (χ0) is 20.1. The average Bonchev–Trinajstić information content (AvgIpc) is 3.22. The highest BCUT2D eigenvalue weighted by atomic mass is 35.5. The quantitative estimate of drug-likeness (QED) is 0.717. The van der Waals surface area contributed by atoms with Crippen LogP contribution in [0.4, 0.5) is 11.4 Å². The van der Waals surface area contributed by atoms with Gasteiger partial charge in [0.05, 0.1) is 15.6 Å². The van der Waals surface area contributed by atoms with E-state index in [1.807, 2.05) is 34.5 Å². The molecule has 1 aliphatic heterocycles. The lowest BCUT2D eigenvalue weighted by Gasteiger charge is -2.36. The first-order valence-electron chi connectivity index (χ1n) is 8.96. The minimum absolute atomic E-state index is 0.0860. The first-order chi connectivity index (χ1) is 13.5. The van der Waals surface area contributed by atoms with Gasteiger partial charge in [-0.3, -0.25) is 9.59 Å². The lowest BCUT2D eigenvalue weighted by Crippen LogP contribution is -2.48. The van der Waals surface area contributed by atoms with E-state index in [-0.39, 0.29) is 16.9 Å². The number of benzene rings is 1. The van der Waals surface area contributed by atoms with Gasteiger partial charge in [0.1, 0.15) is 0 Å². The molecule has 1 aliphatic rings. The van der Waals surface area contributed by atoms with E-state index >= 15 is 0 Å². The van der Waals surface area contributed by atoms with Crippen LogP contribution in [-0.2, 0) is 4.79 Å². The van der Waals surface area contributed by atoms with E-state index in [2.05, 4.69) is 15.5 Å². The zero-order valence-corrected chi connectivity index (χ0v) is 17.8. The Kier molecular flexibility index (Phi) is 6.88. The van der Waals surface area contributed by atoms with Crippen molar-refractivity contribution >= 4 is 63.5 Å². The van der Waals surface area contributed by atoms with Crippen molar-refractivity contribution in [3.8, 4) is 0 Å². The summed E-state index contributed by atoms with van der Waals surface area (Å²) in [4.78, 5) is 28.7. The molecular formula is C19H21ClN4O2S2. The molecule has 28 heavy (non-hydrogen) atoms. The number of thiophene rings is 1. The van der Waals surface area contributed by atoms with Gasteiger partial charge >= 0.3 is 0 Å². The molecule has 6 nitrogen and oxygen atoms in total. The largest absolute Gasteiger partial charge is 0.367 e. The third kappa shape index (κ3) is 5.01. The first kappa shape index (κ1) is 20.6. The van der Waals surface area contributed by atoms with Crippen LogP contribution in [0.2, 0.25) is 5.02 Å². The third-order valence-electron chi connectivity index (χ3n) is 4.42. The fraction of sp³-hybridized carbons (Fsp3) is 0.316. The molecule has 0 spiro atoms. The summed E-state index contributed by atoms with van der Waals surface area (Å²) < 4.78 is 0. The van der Waals surface area contributed by atoms with E-state index in [0.717, 1.165) is 10.6 Å². The number of carbonyl (C=O) groups excluding carboxylic acids is 2. The Bertz CT molecular complexity index is 865. The van der Waals surface area contributed by atoms with Crippen LogP contribution >= 0.6 is 35.2 Å². The van der Waals surface area contributed by atoms with Gasteiger partial charge in [-0.15, -0.1) is 11.3 Å². The molecule has 3 rings (SSSR count). The highest BCUT2D eigenvalue weighted by Gasteiger charge is 2.23. The highest BCUT2D eigenvalue weighted by Crippen LogP contribution is 2.30. The summed E-state index contributed by atoms with van der Waals surface area (Å²) in [5.41, 5.74) is 1.63. The fourth-order valence-corrected chi connectivity index (χ4v) is 4.15. The van der Waals surface area contributed by atoms with Gasteiger partial charge in [-0.2, -0.15) is 0 Å². The van der Waals surface area contributed by atoms with Crippen molar-refractivity contribution in [3.05, 3.63) is 45.6 Å². The highest BCUT2D eigenvalue weighted by molar-refractivity contribution is 7.80. The molecule has 9 heteroatoms. The van der Waals surface area contributed by atoms with Gasteiger partial charge < -0.3 is 20.4 Å². The molecule has 0 atom stereocenters. The van der Waals surface area contributed by atoms with Crippen LogP contribution in [0.15, 0.2) is 35.7 Å². The molecule has 1 saturated heterocycles. The van der Waals surface area contributed by atoms with E-state index in [0.29, 0.717) is 43.3 Å². The van der Waals surface area contributed by atoms with E-state index in [1.54, 1.807) is 13.0 Å². The van der Waals surface area contributed by atoms with E-state index in [4.69, 9.17) is 23.8 Å². The molecule has 0 radical (unpaired) electrons. The number of hydrogen-bond donors (Lipinski definition) is 2. The Balaban J connectivity index is 1.58. The smallest absolute Gasteiger partial charge is 0.264 e. The minimum atomic E-state index is -0.143. The molecule has 2 N–H and O–H groups in total. The second-order valence-corrected chi connectivity index (χ2v) is 8.04. The topological polar surface area (TPSA) is 64.7 Å². The van der Waals surface area contributed by atoms with Crippen molar-refractivity contribution < 1.29 is 9.59 Å². The number of nitrogens with one attached hydrogen (secondary N) is 2. The lowest BCUT2D eigenvalue weighted by atomic mass is 10.2. The van der Waals surface area contributed by atoms with E-state index < -0.39 is 0 Å². The number of carbonyl (C=O) groups is 2. The van der Waals surface area contributed by atoms with Crippen LogP contribution in [-0.4, -0.2) is 48.0 Å². The van der Waals surface area contributed by atoms with Crippen LogP contribution in [0.1, 0.15) is 23.0 Å². The van der Waals surface area contributed by atoms with Gasteiger partial charge in [-0.05, 0) is 41.9 Å². The molecule has 148 valence electrons. The van der Waals surface area contributed by atoms with Crippen LogP contribution in [0.3, 0.4) is 0 Å². The van der Waals surface area contributed by atoms with Gasteiger partial charge in [-0.1, -0.05) is 24.6 Å². The van der Waals surface area contributed by atoms with Gasteiger partial charge in [-0.25, -0.2) is 0 Å². The second kappa shape index (κ2) is 9.36. The minimum Gasteiger partial charge on any atom is -0.367 e. The third-order valence-corrected chi connectivity index (χ3v) is 5.78. The summed E-state index contributed by atoms with van der Waals surface area (Å²) in [6, 6.07) is 9.32. The molecule has 0 bridgehead atoms. The maximum Gasteiger partial charge on any atom is 0.264 e. The van der Waals surface area contributed by atoms with E-state index in [9.17, 15) is 9.59 Å². The summed E-state index contributed by atoms with van der Waals surface area (Å²) in [6.07, 6.45) is 0.364. The Hall–Kier alpha value is -2.16. The standard InChI is InChI=1S/C19H21ClN4O2S2/c1-2-17(25)22-19(27)21-13-5-6-15(14(20)12-13)23-7-9-24(10-8-23)18(26)16-4-3-11-28-16/h3-6,11-12H,2,7-10H2,1H3,(H2,21,22,25,27). The monoisotopic (exact) mass is 436 g/mol. The number of thiocarbonyl (C=S) groups is 1. The van der Waals surface area contributed by atoms with Crippen molar-refractivity contribution in [2.45, 2.75) is 13.3 Å². The summed E-state index contributed by atoms with van der Waals surface area (Å²) in [5, 5.41) is 8.31. The Morgan fingerprint density at radius 3 is 2.57 bits per heavy atom. The maximum atomic E-state index is 12.5. The van der Waals surface area contributed by atoms with Crippen molar-refractivity contribution in [3.63, 3.8) is 0 Å². The van der Waals surface area contributed by atoms with Crippen LogP contribution < -0.4 is 15.5 Å². The fourth-order valence-electron chi connectivity index (χ4n) is 2.93. The lowest BCUT2D eigenvalue weighted by molar-refractivity contribution is -0.119. The first-order valence-corrected chi connectivity index (χ1v) is 10.6. The number of nitrogens with zero attached hydrogens (tertiary/aromatic N) is 2. The molecule has 1 aromatic carbocycles. The summed E-state index contributed by atoms with van der Waals surface area (Å²) in [5.74, 6) is -0.0573. The van der Waals surface area contributed by atoms with Gasteiger partial charge in [0.2, 0.25) is 5.91 Å². The predicted molar refractivity (Wildman–Crippen MR) is 119 cm³/mol. The molecular weight excluding hydrogens is 416 g/mol. The van der Waals surface area contributed by atoms with Gasteiger partial charge in [0, 0.05) is 38.3 Å². The molecule has 0 aliphatic carbocycles. The van der Waals surface area contributed by atoms with E-state index in [1.165, 1.54) is 11.3 Å². The zero-order valence-electron chi connectivity index (χ0n) is 15.4. The summed E-state index contributed by atoms with van der Waals surface area (Å²) in [7, 11) is 0. The number of halogens is 1. The summed E-state index contributed by atoms with van der Waals surface area (Å²) >= 11 is 13.1. The average molecular weight is 437 g/mol.